The highest BCUT2D eigenvalue weighted by molar-refractivity contribution is 6.31. The quantitative estimate of drug-likeness (QED) is 0.0271. The standard InChI is InChI=1S/C88H135ClF3N17O17/c1-25-64(99-71(112)45-69(110)55(15)28-27-29-72(113)107-34-36-108(37-35-107)74(115)48-126-62-32-30-61(31-33-62)109-77(88(90,91)92)63(46-94-109)79(117)98-60-43-58(89)42-59(44-60)97-70(111)26-2)84(122)101(19)47-73(114)102(20)65(38-49(3)4)81(119)100-75(53(11)12)87(125)103(21)66(39-50(5)6)80(118)95-56(16)78(116)96-57(17)83(121)104(22)67(40-51(7)8)85(123)105(23)68(41-52(9)10)86(124)106(24)76(54(13)14)82(120)93-18/h26,30-33,42-44,46,49-57,64-69,75-76,110H,2,25,27-29,34-41,45,47-48H2,1,3-24H3,(H,93,120)(H,95,118)(H,96,116)(H,97,111)(H,98,117)(H,99,112)(H,100,119)/t55-,56+,57-,64+,65+,66+,67+,68+,69+,75+,76+/m1/s1. The van der Waals surface area contributed by atoms with Gasteiger partial charge in [0, 0.05) is 98.3 Å². The monoisotopic (exact) mass is 1790 g/mol. The number of nitrogens with zero attached hydrogens (tertiary/aromatic N) is 10. The lowest BCUT2D eigenvalue weighted by Gasteiger charge is -2.39. The minimum absolute atomic E-state index is 0.0141. The summed E-state index contributed by atoms with van der Waals surface area (Å²) < 4.78 is 49.9. The van der Waals surface area contributed by atoms with Crippen LogP contribution in [0.3, 0.4) is 0 Å². The van der Waals surface area contributed by atoms with Gasteiger partial charge in [-0.2, -0.15) is 18.3 Å². The topological polar surface area (TPSA) is 413 Å². The van der Waals surface area contributed by atoms with E-state index in [0.717, 1.165) is 17.2 Å². The molecule has 1 aliphatic rings. The summed E-state index contributed by atoms with van der Waals surface area (Å²) in [5, 5.41) is 33.3. The van der Waals surface area contributed by atoms with Crippen molar-refractivity contribution in [2.75, 3.05) is 99.3 Å². The molecule has 11 atom stereocenters. The molecule has 15 amide bonds. The van der Waals surface area contributed by atoms with Gasteiger partial charge in [0.15, 0.2) is 12.3 Å². The van der Waals surface area contributed by atoms with E-state index in [1.807, 2.05) is 69.2 Å². The minimum Gasteiger partial charge on any atom is -0.484 e. The lowest BCUT2D eigenvalue weighted by Crippen LogP contribution is -2.61. The molecule has 0 radical (unpaired) electrons. The van der Waals surface area contributed by atoms with Crippen LogP contribution in [-0.2, 0) is 73.3 Å². The number of halogens is 4. The fourth-order valence-corrected chi connectivity index (χ4v) is 14.9. The van der Waals surface area contributed by atoms with Crippen LogP contribution in [0.1, 0.15) is 185 Å². The van der Waals surface area contributed by atoms with Crippen LogP contribution < -0.4 is 42.0 Å². The van der Waals surface area contributed by atoms with E-state index in [-0.39, 0.29) is 134 Å². The Morgan fingerprint density at radius 1 is 0.579 bits per heavy atom. The number of likely N-dealkylation sites (N-methyl/N-ethyl adjacent to an activating group) is 7. The number of ether oxygens (including phenoxy) is 1. The van der Waals surface area contributed by atoms with Crippen molar-refractivity contribution in [2.45, 2.75) is 235 Å². The molecular weight excluding hydrogens is 1660 g/mol. The Bertz CT molecular complexity index is 4290. The molecule has 1 aliphatic heterocycles. The number of anilines is 2. The van der Waals surface area contributed by atoms with Gasteiger partial charge in [0.05, 0.1) is 36.5 Å². The van der Waals surface area contributed by atoms with Crippen LogP contribution in [0.2, 0.25) is 5.02 Å². The van der Waals surface area contributed by atoms with Gasteiger partial charge in [-0.3, -0.25) is 71.9 Å². The van der Waals surface area contributed by atoms with E-state index in [1.54, 1.807) is 32.6 Å². The summed E-state index contributed by atoms with van der Waals surface area (Å²) in [7, 11) is 10.1. The van der Waals surface area contributed by atoms with Crippen LogP contribution in [0.25, 0.3) is 5.69 Å². The third-order valence-electron chi connectivity index (χ3n) is 22.1. The predicted octanol–water partition coefficient (Wildman–Crippen LogP) is 6.75. The van der Waals surface area contributed by atoms with Crippen molar-refractivity contribution >= 4 is 112 Å². The van der Waals surface area contributed by atoms with E-state index in [9.17, 15) is 90.2 Å². The van der Waals surface area contributed by atoms with Gasteiger partial charge in [-0.05, 0) is 149 Å². The molecule has 1 aromatic heterocycles. The number of hydrogen-bond donors (Lipinski definition) is 8. The van der Waals surface area contributed by atoms with Gasteiger partial charge in [-0.25, -0.2) is 4.68 Å². The van der Waals surface area contributed by atoms with Crippen molar-refractivity contribution in [3.63, 3.8) is 0 Å². The molecule has 0 spiro atoms. The van der Waals surface area contributed by atoms with Crippen LogP contribution in [0.5, 0.6) is 5.75 Å². The molecule has 0 unspecified atom stereocenters. The summed E-state index contributed by atoms with van der Waals surface area (Å²) in [4.78, 5) is 218. The van der Waals surface area contributed by atoms with Crippen molar-refractivity contribution in [3.8, 4) is 11.4 Å². The molecule has 8 N–H and O–H groups in total. The van der Waals surface area contributed by atoms with Gasteiger partial charge < -0.3 is 86.3 Å². The zero-order valence-corrected chi connectivity index (χ0v) is 78.0. The first-order valence-electron chi connectivity index (χ1n) is 42.9. The summed E-state index contributed by atoms with van der Waals surface area (Å²) in [6, 6.07) is -0.999. The molecule has 126 heavy (non-hydrogen) atoms. The Morgan fingerprint density at radius 3 is 1.56 bits per heavy atom. The lowest BCUT2D eigenvalue weighted by molar-refractivity contribution is -0.153. The molecule has 2 heterocycles. The number of benzene rings is 2. The lowest BCUT2D eigenvalue weighted by atomic mass is 9.95. The highest BCUT2D eigenvalue weighted by Gasteiger charge is 2.44. The zero-order valence-electron chi connectivity index (χ0n) is 77.3. The number of amides is 15. The summed E-state index contributed by atoms with van der Waals surface area (Å²) in [5.74, 6) is -10.8. The molecule has 702 valence electrons. The molecule has 1 saturated heterocycles. The van der Waals surface area contributed by atoms with E-state index in [1.165, 1.54) is 135 Å². The number of piperazine rings is 1. The molecule has 2 aromatic carbocycles. The highest BCUT2D eigenvalue weighted by Crippen LogP contribution is 2.36. The van der Waals surface area contributed by atoms with Crippen LogP contribution in [-0.4, -0.2) is 292 Å². The van der Waals surface area contributed by atoms with Gasteiger partial charge in [-0.15, -0.1) is 0 Å². The maximum absolute atomic E-state index is 14.7. The SMILES string of the molecule is C=CC(=O)Nc1cc(Cl)cc(NC(=O)c2cnn(-c3ccc(OCC(=O)N4CCN(C(=O)CCC[C@@H](C)[C@@H](O)CC(=O)N[C@@H](CC)C(=O)N(C)CC(=O)N(C)[C@@H](CC(C)C)C(=O)N[C@H](C(=O)N(C)[C@@H](CC(C)C)C(=O)N[C@@H](C)C(=O)N[C@H](C)C(=O)N(C)[C@@H](CC(C)C)C(=O)N(C)[C@@H](CC(C)C)C(=O)N(C)[C@H](C(=O)NC)C(C)C)C(C)C)CC4)cc3)c2C(F)(F)F)c1. The molecular formula is C88H135ClF3N17O17. The van der Waals surface area contributed by atoms with Gasteiger partial charge in [0.25, 0.3) is 11.8 Å². The average Bonchev–Trinajstić information content (AvgIpc) is 1.62. The van der Waals surface area contributed by atoms with Gasteiger partial charge in [-0.1, -0.05) is 115 Å². The second-order valence-corrected chi connectivity index (χ2v) is 35.4. The zero-order chi connectivity index (χ0) is 95.5. The van der Waals surface area contributed by atoms with Crippen LogP contribution in [0, 0.1) is 41.4 Å². The van der Waals surface area contributed by atoms with Gasteiger partial charge in [0.1, 0.15) is 60.1 Å². The summed E-state index contributed by atoms with van der Waals surface area (Å²) in [6.07, 6.45) is -3.29. The van der Waals surface area contributed by atoms with Crippen LogP contribution in [0.4, 0.5) is 24.5 Å². The van der Waals surface area contributed by atoms with Crippen molar-refractivity contribution < 1.29 is 94.9 Å². The third-order valence-corrected chi connectivity index (χ3v) is 22.3. The summed E-state index contributed by atoms with van der Waals surface area (Å²) >= 11 is 6.12. The number of carbonyl (C=O) groups is 15. The minimum atomic E-state index is -5.06. The molecule has 34 nitrogen and oxygen atoms in total. The molecule has 0 aliphatic carbocycles. The molecule has 0 bridgehead atoms. The Kier molecular flexibility index (Phi) is 42.2. The first-order chi connectivity index (χ1) is 58.7. The largest absolute Gasteiger partial charge is 0.484 e. The normalized spacial score (nSPS) is 15.0. The fraction of sp³-hybridized carbons (Fsp3) is 0.636. The van der Waals surface area contributed by atoms with Crippen molar-refractivity contribution in [1.29, 1.82) is 0 Å². The third kappa shape index (κ3) is 31.4. The number of nitrogens with one attached hydrogen (secondary N) is 7. The fourth-order valence-electron chi connectivity index (χ4n) is 14.7. The number of rotatable bonds is 46. The number of aliphatic hydroxyl groups is 1. The Labute approximate surface area is 743 Å². The van der Waals surface area contributed by atoms with E-state index in [4.69, 9.17) is 16.3 Å². The van der Waals surface area contributed by atoms with E-state index in [0.29, 0.717) is 17.5 Å². The number of aliphatic hydroxyl groups excluding tert-OH is 1. The van der Waals surface area contributed by atoms with E-state index in [2.05, 4.69) is 48.9 Å². The number of hydrogen-bond acceptors (Lipinski definition) is 18. The van der Waals surface area contributed by atoms with E-state index < -0.39 is 186 Å². The smallest absolute Gasteiger partial charge is 0.434 e. The number of carbonyl (C=O) groups excluding carboxylic acids is 15. The second-order valence-electron chi connectivity index (χ2n) is 35.0. The molecule has 38 heteroatoms. The van der Waals surface area contributed by atoms with Crippen molar-refractivity contribution in [2.24, 2.45) is 41.4 Å². The molecule has 3 aromatic rings. The van der Waals surface area contributed by atoms with Crippen molar-refractivity contribution in [3.05, 3.63) is 77.6 Å². The summed E-state index contributed by atoms with van der Waals surface area (Å²) in [6.45, 7) is 31.3. The Balaban J connectivity index is 1.29. The van der Waals surface area contributed by atoms with Crippen molar-refractivity contribution in [1.82, 2.24) is 75.6 Å². The Morgan fingerprint density at radius 2 is 1.06 bits per heavy atom. The summed E-state index contributed by atoms with van der Waals surface area (Å²) in [5.41, 5.74) is -2.15. The average molecular weight is 1800 g/mol. The Hall–Kier alpha value is -10.7. The van der Waals surface area contributed by atoms with Crippen LogP contribution in [0.15, 0.2) is 61.3 Å². The molecule has 4 rings (SSSR count). The van der Waals surface area contributed by atoms with Gasteiger partial charge in [0.2, 0.25) is 76.8 Å². The van der Waals surface area contributed by atoms with Crippen LogP contribution >= 0.6 is 11.6 Å². The predicted molar refractivity (Wildman–Crippen MR) is 470 cm³/mol. The molecule has 1 fully saturated rings. The maximum Gasteiger partial charge on any atom is 0.434 e. The van der Waals surface area contributed by atoms with E-state index >= 15 is 0 Å². The molecule has 0 saturated carbocycles. The first kappa shape index (κ1) is 108. The van der Waals surface area contributed by atoms with Gasteiger partial charge >= 0.3 is 6.18 Å². The maximum atomic E-state index is 14.7. The second kappa shape index (κ2) is 49.4. The first-order valence-corrected chi connectivity index (χ1v) is 43.3. The number of alkyl halides is 3. The number of aromatic nitrogens is 2. The highest BCUT2D eigenvalue weighted by atomic mass is 35.5.